The molecule has 134 valence electrons. The third kappa shape index (κ3) is 2.24. The first-order valence-electron chi connectivity index (χ1n) is 9.37. The van der Waals surface area contributed by atoms with Crippen molar-refractivity contribution in [1.82, 2.24) is 9.88 Å². The van der Waals surface area contributed by atoms with Crippen LogP contribution in [0.1, 0.15) is 31.0 Å². The summed E-state index contributed by atoms with van der Waals surface area (Å²) in [6.07, 6.45) is 5.76. The standard InChI is InChI=1S/C20H24N2O.CH4O/c1-2-14-9-13-10-20(12-23)18-16(7-8-22(11-13)19(14)20)15-5-3-4-6-17(15)21-18;1-2/h3-6,9,13,19,21,23H,2,7-8,10-12H2,1H3;2H,1H3/t13-,19+,20-;/m0./s1. The van der Waals surface area contributed by atoms with Gasteiger partial charge in [0.1, 0.15) is 0 Å². The van der Waals surface area contributed by atoms with Gasteiger partial charge in [0.15, 0.2) is 0 Å². The average Bonchev–Trinajstić information content (AvgIpc) is 3.02. The van der Waals surface area contributed by atoms with Crippen LogP contribution in [0.3, 0.4) is 0 Å². The molecule has 4 heterocycles. The number of nitrogens with one attached hydrogen (secondary N) is 1. The number of fused-ring (bicyclic) bond motifs is 3. The number of nitrogens with zero attached hydrogens (tertiary/aromatic N) is 1. The van der Waals surface area contributed by atoms with Gasteiger partial charge in [-0.3, -0.25) is 4.90 Å². The van der Waals surface area contributed by atoms with Gasteiger partial charge >= 0.3 is 0 Å². The molecule has 1 unspecified atom stereocenters. The number of aromatic nitrogens is 1. The summed E-state index contributed by atoms with van der Waals surface area (Å²) in [7, 11) is 1.00. The van der Waals surface area contributed by atoms with Crippen LogP contribution in [0.25, 0.3) is 10.9 Å². The van der Waals surface area contributed by atoms with Crippen LogP contribution in [-0.4, -0.2) is 52.9 Å². The lowest BCUT2D eigenvalue weighted by Crippen LogP contribution is -2.61. The van der Waals surface area contributed by atoms with Crippen molar-refractivity contribution in [3.05, 3.63) is 47.2 Å². The molecule has 4 bridgehead atoms. The van der Waals surface area contributed by atoms with Crippen LogP contribution in [0.5, 0.6) is 0 Å². The summed E-state index contributed by atoms with van der Waals surface area (Å²) >= 11 is 0. The molecule has 1 fully saturated rings. The zero-order valence-electron chi connectivity index (χ0n) is 15.1. The van der Waals surface area contributed by atoms with E-state index in [1.54, 1.807) is 0 Å². The van der Waals surface area contributed by atoms with Crippen molar-refractivity contribution in [1.29, 1.82) is 0 Å². The van der Waals surface area contributed by atoms with E-state index in [1.165, 1.54) is 27.7 Å². The Bertz CT molecular complexity index is 809. The molecule has 1 aromatic carbocycles. The lowest BCUT2D eigenvalue weighted by Gasteiger charge is -2.55. The molecular formula is C21H28N2O2. The summed E-state index contributed by atoms with van der Waals surface area (Å²) in [5.74, 6) is 0.583. The maximum Gasteiger partial charge on any atom is 0.0561 e. The van der Waals surface area contributed by atoms with Gasteiger partial charge in [0.25, 0.3) is 0 Å². The fraction of sp³-hybridized carbons (Fsp3) is 0.524. The molecule has 4 aliphatic rings. The van der Waals surface area contributed by atoms with Crippen molar-refractivity contribution < 1.29 is 10.2 Å². The van der Waals surface area contributed by atoms with Gasteiger partial charge in [0.05, 0.1) is 12.0 Å². The minimum atomic E-state index is -0.145. The van der Waals surface area contributed by atoms with Crippen LogP contribution in [0.2, 0.25) is 0 Å². The molecule has 0 spiro atoms. The predicted molar refractivity (Wildman–Crippen MR) is 101 cm³/mol. The van der Waals surface area contributed by atoms with Crippen molar-refractivity contribution in [2.75, 3.05) is 26.8 Å². The number of H-pyrrole nitrogens is 1. The van der Waals surface area contributed by atoms with Crippen LogP contribution < -0.4 is 0 Å². The molecular weight excluding hydrogens is 312 g/mol. The van der Waals surface area contributed by atoms with Gasteiger partial charge in [-0.05, 0) is 36.8 Å². The minimum absolute atomic E-state index is 0.145. The normalized spacial score (nSPS) is 32.5. The fourth-order valence-corrected chi connectivity index (χ4v) is 5.64. The molecule has 1 aromatic heterocycles. The highest BCUT2D eigenvalue weighted by atomic mass is 16.3. The molecule has 6 rings (SSSR count). The SMILES string of the molecule is CCC1=C[C@@H]2CN3CCc4c([nH]c5ccccc45)[C@@](CO)(C2)[C@@H]13.CO. The number of rotatable bonds is 2. The molecule has 4 heteroatoms. The summed E-state index contributed by atoms with van der Waals surface area (Å²) in [6.45, 7) is 4.77. The highest BCUT2D eigenvalue weighted by Crippen LogP contribution is 2.52. The molecule has 0 amide bonds. The smallest absolute Gasteiger partial charge is 0.0561 e. The zero-order valence-corrected chi connectivity index (χ0v) is 15.1. The molecule has 3 N–H and O–H groups in total. The van der Waals surface area contributed by atoms with Gasteiger partial charge in [-0.15, -0.1) is 0 Å². The highest BCUT2D eigenvalue weighted by Gasteiger charge is 2.55. The summed E-state index contributed by atoms with van der Waals surface area (Å²) in [5.41, 5.74) is 5.38. The quantitative estimate of drug-likeness (QED) is 0.737. The zero-order chi connectivity index (χ0) is 17.6. The Morgan fingerprint density at radius 1 is 1.28 bits per heavy atom. The average molecular weight is 340 g/mol. The highest BCUT2D eigenvalue weighted by molar-refractivity contribution is 5.85. The number of aromatic amines is 1. The minimum Gasteiger partial charge on any atom is -0.400 e. The number of aliphatic hydroxyl groups excluding tert-OH is 2. The van der Waals surface area contributed by atoms with Crippen molar-refractivity contribution in [2.24, 2.45) is 5.92 Å². The molecule has 0 radical (unpaired) electrons. The second-order valence-corrected chi connectivity index (χ2v) is 7.55. The fourth-order valence-electron chi connectivity index (χ4n) is 5.64. The molecule has 3 aliphatic heterocycles. The van der Waals surface area contributed by atoms with E-state index in [-0.39, 0.29) is 12.0 Å². The largest absolute Gasteiger partial charge is 0.400 e. The van der Waals surface area contributed by atoms with Gasteiger partial charge in [0.2, 0.25) is 0 Å². The topological polar surface area (TPSA) is 59.5 Å². The van der Waals surface area contributed by atoms with Gasteiger partial charge in [-0.1, -0.05) is 36.8 Å². The molecule has 2 aromatic rings. The second-order valence-electron chi connectivity index (χ2n) is 7.55. The maximum absolute atomic E-state index is 10.6. The van der Waals surface area contributed by atoms with Crippen LogP contribution in [0.15, 0.2) is 35.9 Å². The number of piperidine rings is 1. The van der Waals surface area contributed by atoms with Gasteiger partial charge in [-0.2, -0.15) is 0 Å². The second kappa shape index (κ2) is 6.27. The number of benzene rings is 1. The summed E-state index contributed by atoms with van der Waals surface area (Å²) in [6, 6.07) is 9.00. The van der Waals surface area contributed by atoms with E-state index in [0.29, 0.717) is 12.0 Å². The Labute approximate surface area is 149 Å². The third-order valence-corrected chi connectivity index (χ3v) is 6.44. The number of hydrogen-bond donors (Lipinski definition) is 3. The Morgan fingerprint density at radius 2 is 2.08 bits per heavy atom. The molecule has 4 nitrogen and oxygen atoms in total. The van der Waals surface area contributed by atoms with Crippen LogP contribution in [-0.2, 0) is 11.8 Å². The summed E-state index contributed by atoms with van der Waals surface area (Å²) in [5, 5.41) is 18.9. The first-order valence-corrected chi connectivity index (χ1v) is 9.37. The van der Waals surface area contributed by atoms with E-state index in [1.807, 2.05) is 0 Å². The van der Waals surface area contributed by atoms with Crippen LogP contribution in [0.4, 0.5) is 0 Å². The monoisotopic (exact) mass is 340 g/mol. The van der Waals surface area contributed by atoms with Crippen molar-refractivity contribution in [2.45, 2.75) is 37.6 Å². The Morgan fingerprint density at radius 3 is 2.84 bits per heavy atom. The van der Waals surface area contributed by atoms with Crippen molar-refractivity contribution in [3.63, 3.8) is 0 Å². The molecule has 1 aliphatic carbocycles. The van der Waals surface area contributed by atoms with Gasteiger partial charge < -0.3 is 15.2 Å². The van der Waals surface area contributed by atoms with Crippen LogP contribution in [0, 0.1) is 5.92 Å². The lowest BCUT2D eigenvalue weighted by molar-refractivity contribution is 0.0170. The Kier molecular flexibility index (Phi) is 4.22. The summed E-state index contributed by atoms with van der Waals surface area (Å²) < 4.78 is 0. The van der Waals surface area contributed by atoms with E-state index in [2.05, 4.69) is 47.1 Å². The van der Waals surface area contributed by atoms with Gasteiger partial charge in [0, 0.05) is 42.8 Å². The van der Waals surface area contributed by atoms with Crippen molar-refractivity contribution >= 4 is 10.9 Å². The Hall–Kier alpha value is -1.62. The lowest BCUT2D eigenvalue weighted by atomic mass is 9.61. The van der Waals surface area contributed by atoms with Crippen molar-refractivity contribution in [3.8, 4) is 0 Å². The number of hydrogen-bond acceptors (Lipinski definition) is 3. The van der Waals surface area contributed by atoms with E-state index in [9.17, 15) is 5.11 Å². The third-order valence-electron chi connectivity index (χ3n) is 6.44. The van der Waals surface area contributed by atoms with Gasteiger partial charge in [-0.25, -0.2) is 0 Å². The molecule has 0 saturated carbocycles. The maximum atomic E-state index is 10.6. The Balaban J connectivity index is 0.000000758. The molecule has 4 atom stereocenters. The molecule has 1 saturated heterocycles. The van der Waals surface area contributed by atoms with E-state index in [0.717, 1.165) is 39.5 Å². The van der Waals surface area contributed by atoms with E-state index in [4.69, 9.17) is 5.11 Å². The number of para-hydroxylation sites is 1. The molecule has 25 heavy (non-hydrogen) atoms. The first kappa shape index (κ1) is 16.8. The predicted octanol–water partition coefficient (Wildman–Crippen LogP) is 2.60. The summed E-state index contributed by atoms with van der Waals surface area (Å²) in [4.78, 5) is 6.36. The first-order chi connectivity index (χ1) is 12.3. The van der Waals surface area contributed by atoms with Crippen LogP contribution >= 0.6 is 0 Å². The van der Waals surface area contributed by atoms with E-state index >= 15 is 0 Å². The number of aliphatic hydroxyl groups is 2. The van der Waals surface area contributed by atoms with E-state index < -0.39 is 0 Å².